The summed E-state index contributed by atoms with van der Waals surface area (Å²) < 4.78 is 94.7. The second-order valence-corrected chi connectivity index (χ2v) is 8.67. The van der Waals surface area contributed by atoms with Crippen molar-refractivity contribution in [3.8, 4) is 5.75 Å². The summed E-state index contributed by atoms with van der Waals surface area (Å²) in [6.45, 7) is 2.74. The molecular formula is C24H26F6N2O4. The second kappa shape index (κ2) is 9.79. The highest BCUT2D eigenvalue weighted by molar-refractivity contribution is 5.99. The van der Waals surface area contributed by atoms with Gasteiger partial charge in [-0.25, -0.2) is 0 Å². The molecule has 0 radical (unpaired) electrons. The molecular weight excluding hydrogens is 494 g/mol. The van der Waals surface area contributed by atoms with Gasteiger partial charge in [0.05, 0.1) is 30.9 Å². The van der Waals surface area contributed by atoms with Gasteiger partial charge in [0, 0.05) is 24.2 Å². The number of aryl methyl sites for hydroxylation is 2. The number of pyridine rings is 1. The van der Waals surface area contributed by atoms with E-state index in [1.165, 1.54) is 0 Å². The zero-order valence-electron chi connectivity index (χ0n) is 18.8. The molecule has 2 aromatic rings. The molecule has 1 atom stereocenters. The summed E-state index contributed by atoms with van der Waals surface area (Å²) in [5.74, 6) is -2.30. The topological polar surface area (TPSA) is 71.6 Å². The monoisotopic (exact) mass is 520 g/mol. The predicted molar refractivity (Wildman–Crippen MR) is 118 cm³/mol. The number of carbonyl (C=O) groups is 1. The second-order valence-electron chi connectivity index (χ2n) is 8.67. The smallest absolute Gasteiger partial charge is 0.420 e. The zero-order valence-corrected chi connectivity index (χ0v) is 18.8. The zero-order chi connectivity index (χ0) is 25.7. The van der Waals surface area contributed by atoms with E-state index in [1.54, 1.807) is 19.9 Å². The number of aromatic amines is 1. The molecule has 1 fully saturated rings. The van der Waals surface area contributed by atoms with Gasteiger partial charge in [0.15, 0.2) is 0 Å². The molecule has 3 heterocycles. The predicted octanol–water partition coefficient (Wildman–Crippen LogP) is 5.03. The van der Waals surface area contributed by atoms with E-state index in [-0.39, 0.29) is 45.7 Å². The Morgan fingerprint density at radius 3 is 2.36 bits per heavy atom. The molecule has 0 spiro atoms. The van der Waals surface area contributed by atoms with Crippen LogP contribution in [0.2, 0.25) is 0 Å². The summed E-state index contributed by atoms with van der Waals surface area (Å²) >= 11 is 0. The molecule has 1 amide bonds. The maximum absolute atomic E-state index is 14.2. The Kier molecular flexibility index (Phi) is 7.50. The molecule has 1 aromatic heterocycles. The number of fused-ring (bicyclic) bond motifs is 1. The first-order chi connectivity index (χ1) is 16.3. The molecule has 36 heavy (non-hydrogen) atoms. The standard InChI is InChI=1S/C23H22F6N2O4.CH4/c1-11-7-12(2)30-20(32)15(11)9-31-5-3-14-16(22(24,25)26)8-17(35-13-4-6-34-10-13)19(23(27,28)29)18(14)21(31)33;/h7-8,13H,3-6,9-10H2,1-2H3,(H,30,32);1H4/t13-;/m1./s1. The van der Waals surface area contributed by atoms with Crippen molar-refractivity contribution >= 4 is 5.91 Å². The lowest BCUT2D eigenvalue weighted by Gasteiger charge is -2.33. The van der Waals surface area contributed by atoms with Crippen LogP contribution in [-0.2, 0) is 30.1 Å². The van der Waals surface area contributed by atoms with Crippen LogP contribution >= 0.6 is 0 Å². The quantitative estimate of drug-likeness (QED) is 0.574. The van der Waals surface area contributed by atoms with Gasteiger partial charge in [-0.3, -0.25) is 9.59 Å². The van der Waals surface area contributed by atoms with Crippen LogP contribution in [0.3, 0.4) is 0 Å². The van der Waals surface area contributed by atoms with Crippen LogP contribution < -0.4 is 10.3 Å². The van der Waals surface area contributed by atoms with E-state index in [2.05, 4.69) is 4.98 Å². The Morgan fingerprint density at radius 2 is 1.81 bits per heavy atom. The molecule has 198 valence electrons. The highest BCUT2D eigenvalue weighted by atomic mass is 19.4. The Labute approximate surface area is 203 Å². The maximum atomic E-state index is 14.2. The van der Waals surface area contributed by atoms with Crippen LogP contribution in [0.15, 0.2) is 16.9 Å². The minimum atomic E-state index is -5.17. The number of H-pyrrole nitrogens is 1. The maximum Gasteiger partial charge on any atom is 0.420 e. The van der Waals surface area contributed by atoms with Crippen molar-refractivity contribution in [2.45, 2.75) is 59.1 Å². The minimum absolute atomic E-state index is 0. The number of hydrogen-bond acceptors (Lipinski definition) is 4. The Hall–Kier alpha value is -3.02. The first kappa shape index (κ1) is 27.6. The SMILES string of the molecule is C.Cc1cc(C)c(CN2CCc3c(C(F)(F)F)cc(O[C@@H]4CCOC4)c(C(F)(F)F)c3C2=O)c(=O)[nH]1. The molecule has 2 aliphatic heterocycles. The van der Waals surface area contributed by atoms with Crippen molar-refractivity contribution in [2.75, 3.05) is 19.8 Å². The summed E-state index contributed by atoms with van der Waals surface area (Å²) in [5, 5.41) is 0. The van der Waals surface area contributed by atoms with Gasteiger partial charge in [-0.05, 0) is 43.5 Å². The number of carbonyl (C=O) groups excluding carboxylic acids is 1. The Balaban J connectivity index is 0.00000361. The Morgan fingerprint density at radius 1 is 1.11 bits per heavy atom. The molecule has 0 bridgehead atoms. The lowest BCUT2D eigenvalue weighted by molar-refractivity contribution is -0.143. The Bertz CT molecular complexity index is 1210. The van der Waals surface area contributed by atoms with E-state index in [4.69, 9.17) is 9.47 Å². The summed E-state index contributed by atoms with van der Waals surface area (Å²) in [5.41, 5.74) is -4.01. The van der Waals surface area contributed by atoms with Crippen LogP contribution in [-0.4, -0.2) is 41.7 Å². The van der Waals surface area contributed by atoms with Crippen molar-refractivity contribution in [3.63, 3.8) is 0 Å². The highest BCUT2D eigenvalue weighted by Gasteiger charge is 2.47. The van der Waals surface area contributed by atoms with E-state index in [1.807, 2.05) is 0 Å². The molecule has 4 rings (SSSR count). The molecule has 0 unspecified atom stereocenters. The third-order valence-corrected chi connectivity index (χ3v) is 6.14. The van der Waals surface area contributed by atoms with Crippen LogP contribution in [0, 0.1) is 13.8 Å². The summed E-state index contributed by atoms with van der Waals surface area (Å²) in [6, 6.07) is 1.97. The normalized spacial score (nSPS) is 18.2. The number of hydrogen-bond donors (Lipinski definition) is 1. The molecule has 1 aromatic carbocycles. The van der Waals surface area contributed by atoms with E-state index < -0.39 is 64.3 Å². The van der Waals surface area contributed by atoms with E-state index in [0.29, 0.717) is 17.3 Å². The fraction of sp³-hybridized carbons (Fsp3) is 0.500. The fourth-order valence-corrected chi connectivity index (χ4v) is 4.53. The van der Waals surface area contributed by atoms with Crippen LogP contribution in [0.1, 0.15) is 57.7 Å². The van der Waals surface area contributed by atoms with E-state index in [0.717, 1.165) is 4.90 Å². The number of aromatic nitrogens is 1. The number of ether oxygens (including phenoxy) is 2. The van der Waals surface area contributed by atoms with Crippen molar-refractivity contribution in [1.29, 1.82) is 0 Å². The number of nitrogens with one attached hydrogen (secondary N) is 1. The number of rotatable bonds is 4. The van der Waals surface area contributed by atoms with Crippen LogP contribution in [0.4, 0.5) is 26.3 Å². The summed E-state index contributed by atoms with van der Waals surface area (Å²) in [6.07, 6.45) is -11.3. The molecule has 2 aliphatic rings. The molecule has 0 aliphatic carbocycles. The summed E-state index contributed by atoms with van der Waals surface area (Å²) in [4.78, 5) is 29.2. The molecule has 1 saturated heterocycles. The molecule has 0 saturated carbocycles. The van der Waals surface area contributed by atoms with Gasteiger partial charge < -0.3 is 19.4 Å². The number of benzene rings is 1. The van der Waals surface area contributed by atoms with Crippen molar-refractivity contribution in [2.24, 2.45) is 0 Å². The van der Waals surface area contributed by atoms with Gasteiger partial charge in [0.1, 0.15) is 17.4 Å². The average Bonchev–Trinajstić information content (AvgIpc) is 3.23. The van der Waals surface area contributed by atoms with Crippen LogP contribution in [0.25, 0.3) is 0 Å². The van der Waals surface area contributed by atoms with Gasteiger partial charge in [-0.1, -0.05) is 7.43 Å². The van der Waals surface area contributed by atoms with Gasteiger partial charge in [-0.2, -0.15) is 26.3 Å². The van der Waals surface area contributed by atoms with Gasteiger partial charge in [0.25, 0.3) is 11.5 Å². The third kappa shape index (κ3) is 5.23. The van der Waals surface area contributed by atoms with Gasteiger partial charge in [-0.15, -0.1) is 0 Å². The first-order valence-corrected chi connectivity index (χ1v) is 10.8. The lowest BCUT2D eigenvalue weighted by atomic mass is 9.88. The largest absolute Gasteiger partial charge is 0.487 e. The van der Waals surface area contributed by atoms with E-state index in [9.17, 15) is 35.9 Å². The minimum Gasteiger partial charge on any atom is -0.487 e. The van der Waals surface area contributed by atoms with Crippen molar-refractivity contribution in [3.05, 3.63) is 61.6 Å². The number of halogens is 6. The summed E-state index contributed by atoms with van der Waals surface area (Å²) in [7, 11) is 0. The van der Waals surface area contributed by atoms with Crippen molar-refractivity contribution in [1.82, 2.24) is 9.88 Å². The van der Waals surface area contributed by atoms with Crippen molar-refractivity contribution < 1.29 is 40.6 Å². The highest BCUT2D eigenvalue weighted by Crippen LogP contribution is 2.47. The lowest BCUT2D eigenvalue weighted by Crippen LogP contribution is -2.41. The number of nitrogens with zero attached hydrogens (tertiary/aromatic N) is 1. The molecule has 6 nitrogen and oxygen atoms in total. The fourth-order valence-electron chi connectivity index (χ4n) is 4.53. The average molecular weight is 520 g/mol. The van der Waals surface area contributed by atoms with Crippen LogP contribution in [0.5, 0.6) is 5.75 Å². The van der Waals surface area contributed by atoms with Gasteiger partial charge >= 0.3 is 12.4 Å². The number of alkyl halides is 6. The van der Waals surface area contributed by atoms with E-state index >= 15 is 0 Å². The third-order valence-electron chi connectivity index (χ3n) is 6.14. The van der Waals surface area contributed by atoms with Gasteiger partial charge in [0.2, 0.25) is 0 Å². The molecule has 1 N–H and O–H groups in total. The first-order valence-electron chi connectivity index (χ1n) is 10.8. The molecule has 12 heteroatoms. The number of amides is 1.